The smallest absolute Gasteiger partial charge is 0.256 e. The first-order valence-electron chi connectivity index (χ1n) is 7.75. The van der Waals surface area contributed by atoms with E-state index in [4.69, 9.17) is 0 Å². The molecule has 6 nitrogen and oxygen atoms in total. The lowest BCUT2D eigenvalue weighted by Gasteiger charge is -2.26. The number of fused-ring (bicyclic) bond motifs is 2. The summed E-state index contributed by atoms with van der Waals surface area (Å²) in [4.78, 5) is 27.4. The second-order valence-electron chi connectivity index (χ2n) is 5.92. The monoisotopic (exact) mass is 324 g/mol. The highest BCUT2D eigenvalue weighted by molar-refractivity contribution is 6.00. The van der Waals surface area contributed by atoms with E-state index in [2.05, 4.69) is 0 Å². The molecule has 2 aromatic rings. The van der Waals surface area contributed by atoms with Gasteiger partial charge < -0.3 is 20.0 Å². The second-order valence-corrected chi connectivity index (χ2v) is 5.92. The maximum atomic E-state index is 12.4. The number of hydrogen-bond donors (Lipinski definition) is 2. The molecule has 0 aliphatic carbocycles. The summed E-state index contributed by atoms with van der Waals surface area (Å²) in [5, 5.41) is 20.7. The molecule has 2 aliphatic heterocycles. The molecule has 0 bridgehead atoms. The Morgan fingerprint density at radius 3 is 1.46 bits per heavy atom. The van der Waals surface area contributed by atoms with Crippen LogP contribution < -0.4 is 0 Å². The van der Waals surface area contributed by atoms with Gasteiger partial charge in [0.1, 0.15) is 0 Å². The fourth-order valence-electron chi connectivity index (χ4n) is 3.36. The molecule has 0 aromatic heterocycles. The van der Waals surface area contributed by atoms with Crippen molar-refractivity contribution >= 4 is 11.8 Å². The Hall–Kier alpha value is -2.70. The van der Waals surface area contributed by atoms with E-state index in [1.165, 1.54) is 9.80 Å². The highest BCUT2D eigenvalue weighted by Crippen LogP contribution is 2.33. The average Bonchev–Trinajstić information content (AvgIpc) is 3.00. The van der Waals surface area contributed by atoms with Crippen molar-refractivity contribution in [3.8, 4) is 0 Å². The lowest BCUT2D eigenvalue weighted by atomic mass is 10.1. The van der Waals surface area contributed by atoms with Gasteiger partial charge in [-0.05, 0) is 12.1 Å². The highest BCUT2D eigenvalue weighted by Gasteiger charge is 2.38. The normalized spacial score (nSPS) is 22.1. The molecule has 24 heavy (non-hydrogen) atoms. The Balaban J connectivity index is 1.51. The van der Waals surface area contributed by atoms with Crippen LogP contribution in [0.25, 0.3) is 0 Å². The van der Waals surface area contributed by atoms with Crippen LogP contribution >= 0.6 is 0 Å². The molecule has 0 saturated heterocycles. The van der Waals surface area contributed by atoms with Gasteiger partial charge in [-0.2, -0.15) is 0 Å². The predicted octanol–water partition coefficient (Wildman–Crippen LogP) is 1.28. The Morgan fingerprint density at radius 2 is 1.08 bits per heavy atom. The lowest BCUT2D eigenvalue weighted by Crippen LogP contribution is -2.38. The molecule has 0 fully saturated rings. The summed E-state index contributed by atoms with van der Waals surface area (Å²) in [6.07, 6.45) is -2.04. The number of nitrogens with zero attached hydrogens (tertiary/aromatic N) is 2. The summed E-state index contributed by atoms with van der Waals surface area (Å²) in [6, 6.07) is 13.8. The quantitative estimate of drug-likeness (QED) is 0.891. The van der Waals surface area contributed by atoms with Crippen molar-refractivity contribution in [3.63, 3.8) is 0 Å². The van der Waals surface area contributed by atoms with Crippen molar-refractivity contribution in [1.82, 2.24) is 9.80 Å². The van der Waals surface area contributed by atoms with E-state index in [0.29, 0.717) is 22.3 Å². The van der Waals surface area contributed by atoms with Crippen LogP contribution in [0.5, 0.6) is 0 Å². The third kappa shape index (κ3) is 2.04. The zero-order valence-electron chi connectivity index (χ0n) is 12.8. The maximum absolute atomic E-state index is 12.4. The molecule has 0 radical (unpaired) electrons. The number of amides is 2. The van der Waals surface area contributed by atoms with Gasteiger partial charge in [-0.1, -0.05) is 36.4 Å². The molecule has 2 heterocycles. The maximum Gasteiger partial charge on any atom is 0.256 e. The molecule has 2 N–H and O–H groups in total. The van der Waals surface area contributed by atoms with Gasteiger partial charge in [0.05, 0.1) is 0 Å². The van der Waals surface area contributed by atoms with E-state index >= 15 is 0 Å². The van der Waals surface area contributed by atoms with Gasteiger partial charge in [-0.3, -0.25) is 9.59 Å². The largest absolute Gasteiger partial charge is 0.369 e. The topological polar surface area (TPSA) is 81.1 Å². The van der Waals surface area contributed by atoms with E-state index in [0.717, 1.165) is 0 Å². The Kier molecular flexibility index (Phi) is 3.37. The van der Waals surface area contributed by atoms with Crippen molar-refractivity contribution in [1.29, 1.82) is 0 Å². The molecule has 0 spiro atoms. The Morgan fingerprint density at radius 1 is 0.708 bits per heavy atom. The van der Waals surface area contributed by atoms with E-state index in [9.17, 15) is 19.8 Å². The van der Waals surface area contributed by atoms with Crippen LogP contribution in [0.2, 0.25) is 0 Å². The first kappa shape index (κ1) is 14.9. The minimum absolute atomic E-state index is 0.144. The van der Waals surface area contributed by atoms with Gasteiger partial charge in [-0.15, -0.1) is 0 Å². The minimum atomic E-state index is -1.02. The number of aliphatic hydroxyl groups excluding tert-OH is 2. The van der Waals surface area contributed by atoms with Crippen molar-refractivity contribution < 1.29 is 19.8 Å². The van der Waals surface area contributed by atoms with Gasteiger partial charge in [0, 0.05) is 35.3 Å². The first-order valence-corrected chi connectivity index (χ1v) is 7.75. The van der Waals surface area contributed by atoms with E-state index < -0.39 is 12.5 Å². The van der Waals surface area contributed by atoms with Crippen LogP contribution in [0.4, 0.5) is 0 Å². The standard InChI is InChI=1S/C18H16N2O4/c21-15-11-5-1-2-6-12(11)16(22)19(15)9-10-20-17(23)13-7-3-4-8-14(13)18(20)24/h1-8,15,17,21,23H,9-10H2/t15-,17+. The molecule has 0 saturated carbocycles. The summed E-state index contributed by atoms with van der Waals surface area (Å²) >= 11 is 0. The molecule has 122 valence electrons. The summed E-state index contributed by atoms with van der Waals surface area (Å²) < 4.78 is 0. The molecule has 4 rings (SSSR count). The van der Waals surface area contributed by atoms with Gasteiger partial charge in [0.2, 0.25) is 0 Å². The fraction of sp³-hybridized carbons (Fsp3) is 0.222. The van der Waals surface area contributed by atoms with Crippen LogP contribution in [-0.4, -0.2) is 44.9 Å². The average molecular weight is 324 g/mol. The zero-order valence-corrected chi connectivity index (χ0v) is 12.8. The number of benzene rings is 2. The fourth-order valence-corrected chi connectivity index (χ4v) is 3.36. The van der Waals surface area contributed by atoms with Gasteiger partial charge in [0.15, 0.2) is 12.5 Å². The van der Waals surface area contributed by atoms with Gasteiger partial charge >= 0.3 is 0 Å². The molecule has 2 aliphatic rings. The third-order valence-corrected chi connectivity index (χ3v) is 4.63. The second kappa shape index (κ2) is 5.43. The predicted molar refractivity (Wildman–Crippen MR) is 84.9 cm³/mol. The highest BCUT2D eigenvalue weighted by atomic mass is 16.3. The summed E-state index contributed by atoms with van der Waals surface area (Å²) in [5.74, 6) is -0.534. The van der Waals surface area contributed by atoms with Crippen LogP contribution in [0, 0.1) is 0 Å². The first-order chi connectivity index (χ1) is 11.6. The van der Waals surface area contributed by atoms with E-state index in [1.54, 1.807) is 48.5 Å². The SMILES string of the molecule is O=C1c2ccccc2[C@@H](O)N1CCN1C(=O)c2ccccc2[C@@H]1O. The molecule has 2 atom stereocenters. The van der Waals surface area contributed by atoms with Crippen LogP contribution in [-0.2, 0) is 0 Å². The van der Waals surface area contributed by atoms with Crippen molar-refractivity contribution in [2.75, 3.05) is 13.1 Å². The Labute approximate surface area is 138 Å². The van der Waals surface area contributed by atoms with Crippen molar-refractivity contribution in [2.45, 2.75) is 12.5 Å². The van der Waals surface area contributed by atoms with Crippen LogP contribution in [0.1, 0.15) is 44.3 Å². The summed E-state index contributed by atoms with van der Waals surface area (Å²) in [7, 11) is 0. The number of carbonyl (C=O) groups excluding carboxylic acids is 2. The molecular formula is C18H16N2O4. The van der Waals surface area contributed by atoms with E-state index in [-0.39, 0.29) is 24.9 Å². The van der Waals surface area contributed by atoms with Gasteiger partial charge in [0.25, 0.3) is 11.8 Å². The van der Waals surface area contributed by atoms with Crippen LogP contribution in [0.3, 0.4) is 0 Å². The number of rotatable bonds is 3. The lowest BCUT2D eigenvalue weighted by molar-refractivity contribution is -0.00761. The van der Waals surface area contributed by atoms with Crippen molar-refractivity contribution in [2.24, 2.45) is 0 Å². The number of aliphatic hydroxyl groups is 2. The minimum Gasteiger partial charge on any atom is -0.369 e. The molecular weight excluding hydrogens is 308 g/mol. The van der Waals surface area contributed by atoms with E-state index in [1.807, 2.05) is 0 Å². The molecule has 0 unspecified atom stereocenters. The number of carbonyl (C=O) groups is 2. The van der Waals surface area contributed by atoms with Gasteiger partial charge in [-0.25, -0.2) is 0 Å². The summed E-state index contributed by atoms with van der Waals surface area (Å²) in [5.41, 5.74) is 2.08. The summed E-state index contributed by atoms with van der Waals surface area (Å²) in [6.45, 7) is 0.289. The molecule has 2 aromatic carbocycles. The van der Waals surface area contributed by atoms with Crippen molar-refractivity contribution in [3.05, 3.63) is 70.8 Å². The third-order valence-electron chi connectivity index (χ3n) is 4.63. The number of hydrogen-bond acceptors (Lipinski definition) is 4. The molecule has 2 amide bonds. The molecule has 6 heteroatoms. The van der Waals surface area contributed by atoms with Crippen LogP contribution in [0.15, 0.2) is 48.5 Å². The zero-order chi connectivity index (χ0) is 16.8. The Bertz CT molecular complexity index is 766.